The molecular weight excluding hydrogens is 317 g/mol. The lowest BCUT2D eigenvalue weighted by molar-refractivity contribution is -0.116. The van der Waals surface area contributed by atoms with Gasteiger partial charge in [-0.25, -0.2) is 9.18 Å². The molecule has 6 heteroatoms. The lowest BCUT2D eigenvalue weighted by atomic mass is 10.1. The van der Waals surface area contributed by atoms with Crippen LogP contribution in [0.2, 0.25) is 0 Å². The van der Waals surface area contributed by atoms with E-state index in [-0.39, 0.29) is 17.2 Å². The number of unbranched alkanes of at least 4 members (excludes halogenated alkanes) is 1. The third-order valence-corrected chi connectivity index (χ3v) is 3.01. The number of hydrogen-bond donors (Lipinski definition) is 1. The van der Waals surface area contributed by atoms with Crippen LogP contribution in [0.3, 0.4) is 0 Å². The summed E-state index contributed by atoms with van der Waals surface area (Å²) in [6.07, 6.45) is 1.92. The second-order valence-electron chi connectivity index (χ2n) is 3.88. The topological polar surface area (TPSA) is 55.4 Å². The molecule has 0 bridgehead atoms. The minimum Gasteiger partial charge on any atom is -0.465 e. The minimum absolute atomic E-state index is 0.135. The van der Waals surface area contributed by atoms with Gasteiger partial charge in [0, 0.05) is 11.8 Å². The molecule has 0 saturated heterocycles. The summed E-state index contributed by atoms with van der Waals surface area (Å²) in [6, 6.07) is 3.54. The van der Waals surface area contributed by atoms with Gasteiger partial charge in [0.1, 0.15) is 5.82 Å². The van der Waals surface area contributed by atoms with Crippen LogP contribution in [0.25, 0.3) is 0 Å². The van der Waals surface area contributed by atoms with Gasteiger partial charge in [-0.3, -0.25) is 4.79 Å². The van der Waals surface area contributed by atoms with Gasteiger partial charge in [0.2, 0.25) is 5.91 Å². The van der Waals surface area contributed by atoms with Crippen molar-refractivity contribution in [2.75, 3.05) is 17.8 Å². The van der Waals surface area contributed by atoms with E-state index < -0.39 is 11.8 Å². The Bertz CT molecular complexity index is 465. The first-order valence-electron chi connectivity index (χ1n) is 5.82. The van der Waals surface area contributed by atoms with Crippen molar-refractivity contribution in [1.82, 2.24) is 0 Å². The highest BCUT2D eigenvalue weighted by Crippen LogP contribution is 2.18. The largest absolute Gasteiger partial charge is 0.465 e. The highest BCUT2D eigenvalue weighted by atomic mass is 79.9. The summed E-state index contributed by atoms with van der Waals surface area (Å²) in [5.74, 6) is -1.39. The third-order valence-electron chi connectivity index (χ3n) is 2.45. The maximum absolute atomic E-state index is 13.2. The van der Waals surface area contributed by atoms with Crippen LogP contribution in [0, 0.1) is 5.82 Å². The molecule has 0 saturated carbocycles. The molecule has 0 aliphatic heterocycles. The molecule has 0 aliphatic rings. The van der Waals surface area contributed by atoms with Gasteiger partial charge in [0.25, 0.3) is 0 Å². The lowest BCUT2D eigenvalue weighted by Crippen LogP contribution is -2.15. The third kappa shape index (κ3) is 4.98. The summed E-state index contributed by atoms with van der Waals surface area (Å²) in [5, 5.41) is 3.36. The molecule has 1 aromatic rings. The maximum Gasteiger partial charge on any atom is 0.339 e. The number of rotatable bonds is 6. The molecule has 0 unspecified atom stereocenters. The van der Waals surface area contributed by atoms with E-state index in [2.05, 4.69) is 26.0 Å². The average Bonchev–Trinajstić information content (AvgIpc) is 2.38. The summed E-state index contributed by atoms with van der Waals surface area (Å²) in [4.78, 5) is 23.1. The number of benzene rings is 1. The fourth-order valence-electron chi connectivity index (χ4n) is 1.50. The molecule has 0 aliphatic carbocycles. The van der Waals surface area contributed by atoms with Gasteiger partial charge >= 0.3 is 5.97 Å². The second-order valence-corrected chi connectivity index (χ2v) is 4.67. The Morgan fingerprint density at radius 3 is 2.74 bits per heavy atom. The van der Waals surface area contributed by atoms with Gasteiger partial charge in [-0.2, -0.15) is 0 Å². The molecule has 1 aromatic carbocycles. The van der Waals surface area contributed by atoms with E-state index >= 15 is 0 Å². The van der Waals surface area contributed by atoms with Crippen molar-refractivity contribution in [2.45, 2.75) is 19.3 Å². The SMILES string of the molecule is COC(=O)c1ccc(F)cc1NC(=O)CCCCBr. The molecule has 0 radical (unpaired) electrons. The summed E-state index contributed by atoms with van der Waals surface area (Å²) in [6.45, 7) is 0. The van der Waals surface area contributed by atoms with E-state index in [4.69, 9.17) is 0 Å². The number of alkyl halides is 1. The number of esters is 1. The standard InChI is InChI=1S/C13H15BrFNO3/c1-19-13(18)10-6-5-9(15)8-11(10)16-12(17)4-2-3-7-14/h5-6,8H,2-4,7H2,1H3,(H,16,17). The van der Waals surface area contributed by atoms with Crippen LogP contribution in [0.15, 0.2) is 18.2 Å². The number of hydrogen-bond acceptors (Lipinski definition) is 3. The Hall–Kier alpha value is -1.43. The number of amides is 1. The van der Waals surface area contributed by atoms with Gasteiger partial charge in [-0.15, -0.1) is 0 Å². The number of nitrogens with one attached hydrogen (secondary N) is 1. The van der Waals surface area contributed by atoms with Crippen LogP contribution in [-0.2, 0) is 9.53 Å². The van der Waals surface area contributed by atoms with E-state index in [9.17, 15) is 14.0 Å². The second kappa shape index (κ2) is 7.89. The number of ether oxygens (including phenoxy) is 1. The van der Waals surface area contributed by atoms with Crippen molar-refractivity contribution < 1.29 is 18.7 Å². The van der Waals surface area contributed by atoms with Crippen LogP contribution in [0.5, 0.6) is 0 Å². The summed E-state index contributed by atoms with van der Waals surface area (Å²) in [7, 11) is 1.23. The van der Waals surface area contributed by atoms with Crippen molar-refractivity contribution in [1.29, 1.82) is 0 Å². The van der Waals surface area contributed by atoms with Gasteiger partial charge in [0.15, 0.2) is 0 Å². The number of anilines is 1. The molecule has 4 nitrogen and oxygen atoms in total. The Labute approximate surface area is 119 Å². The monoisotopic (exact) mass is 331 g/mol. The van der Waals surface area contributed by atoms with Crippen molar-refractivity contribution >= 4 is 33.5 Å². The van der Waals surface area contributed by atoms with Crippen LogP contribution in [0.4, 0.5) is 10.1 Å². The minimum atomic E-state index is -0.615. The number of methoxy groups -OCH3 is 1. The molecule has 104 valence electrons. The van der Waals surface area contributed by atoms with Crippen LogP contribution < -0.4 is 5.32 Å². The number of carbonyl (C=O) groups is 2. The van der Waals surface area contributed by atoms with Crippen molar-refractivity contribution in [3.05, 3.63) is 29.6 Å². The molecule has 19 heavy (non-hydrogen) atoms. The molecule has 0 spiro atoms. The van der Waals surface area contributed by atoms with Crippen molar-refractivity contribution in [3.63, 3.8) is 0 Å². The first kappa shape index (κ1) is 15.6. The van der Waals surface area contributed by atoms with Crippen LogP contribution in [-0.4, -0.2) is 24.3 Å². The fraction of sp³-hybridized carbons (Fsp3) is 0.385. The smallest absolute Gasteiger partial charge is 0.339 e. The maximum atomic E-state index is 13.2. The molecule has 1 amide bonds. The molecule has 0 heterocycles. The van der Waals surface area contributed by atoms with E-state index in [1.165, 1.54) is 13.2 Å². The first-order valence-corrected chi connectivity index (χ1v) is 6.94. The Balaban J connectivity index is 2.78. The number of halogens is 2. The molecule has 0 fully saturated rings. The highest BCUT2D eigenvalue weighted by molar-refractivity contribution is 9.09. The number of carbonyl (C=O) groups excluding carboxylic acids is 2. The molecule has 0 atom stereocenters. The highest BCUT2D eigenvalue weighted by Gasteiger charge is 2.14. The lowest BCUT2D eigenvalue weighted by Gasteiger charge is -2.09. The van der Waals surface area contributed by atoms with Crippen molar-refractivity contribution in [2.24, 2.45) is 0 Å². The van der Waals surface area contributed by atoms with Crippen molar-refractivity contribution in [3.8, 4) is 0 Å². The predicted molar refractivity (Wildman–Crippen MR) is 74.0 cm³/mol. The van der Waals surface area contributed by atoms with Gasteiger partial charge < -0.3 is 10.1 Å². The van der Waals surface area contributed by atoms with Crippen LogP contribution >= 0.6 is 15.9 Å². The average molecular weight is 332 g/mol. The normalized spacial score (nSPS) is 10.1. The summed E-state index contributed by atoms with van der Waals surface area (Å²) < 4.78 is 17.7. The Morgan fingerprint density at radius 1 is 1.37 bits per heavy atom. The first-order chi connectivity index (χ1) is 9.08. The summed E-state index contributed by atoms with van der Waals surface area (Å²) >= 11 is 3.27. The zero-order chi connectivity index (χ0) is 14.3. The zero-order valence-electron chi connectivity index (χ0n) is 10.5. The summed E-state index contributed by atoms with van der Waals surface area (Å²) in [5.41, 5.74) is 0.272. The Morgan fingerprint density at radius 2 is 2.11 bits per heavy atom. The molecule has 0 aromatic heterocycles. The zero-order valence-corrected chi connectivity index (χ0v) is 12.1. The fourth-order valence-corrected chi connectivity index (χ4v) is 1.90. The van der Waals surface area contributed by atoms with Gasteiger partial charge in [-0.05, 0) is 31.0 Å². The molecule has 1 rings (SSSR count). The van der Waals surface area contributed by atoms with E-state index in [1.807, 2.05) is 0 Å². The van der Waals surface area contributed by atoms with Gasteiger partial charge in [-0.1, -0.05) is 15.9 Å². The van der Waals surface area contributed by atoms with E-state index in [0.717, 1.165) is 30.3 Å². The molecular formula is C13H15BrFNO3. The quantitative estimate of drug-likeness (QED) is 0.495. The van der Waals surface area contributed by atoms with Crippen LogP contribution in [0.1, 0.15) is 29.6 Å². The van der Waals surface area contributed by atoms with E-state index in [1.54, 1.807) is 0 Å². The predicted octanol–water partition coefficient (Wildman–Crippen LogP) is 3.12. The van der Waals surface area contributed by atoms with Gasteiger partial charge in [0.05, 0.1) is 18.4 Å². The Kier molecular flexibility index (Phi) is 6.49. The van der Waals surface area contributed by atoms with E-state index in [0.29, 0.717) is 6.42 Å². The molecule has 1 N–H and O–H groups in total.